The number of hydrogen-bond acceptors (Lipinski definition) is 9. The number of nitrogens with one attached hydrogen (secondary N) is 2. The van der Waals surface area contributed by atoms with Gasteiger partial charge in [0.25, 0.3) is 5.91 Å². The van der Waals surface area contributed by atoms with Gasteiger partial charge in [-0.05, 0) is 110 Å². The maximum atomic E-state index is 14.0. The third-order valence-corrected chi connectivity index (χ3v) is 12.8. The molecule has 4 aromatic rings. The molecule has 57 heavy (non-hydrogen) atoms. The van der Waals surface area contributed by atoms with Gasteiger partial charge in [0.2, 0.25) is 0 Å². The summed E-state index contributed by atoms with van der Waals surface area (Å²) in [6, 6.07) is 35.6. The van der Waals surface area contributed by atoms with Gasteiger partial charge in [-0.3, -0.25) is 14.6 Å². The van der Waals surface area contributed by atoms with E-state index in [0.29, 0.717) is 52.5 Å². The first-order valence-electron chi connectivity index (χ1n) is 21.1. The molecule has 0 unspecified atom stereocenters. The molecule has 1 amide bonds. The highest BCUT2D eigenvalue weighted by atomic mass is 32.2. The lowest BCUT2D eigenvalue weighted by atomic mass is 10.1. The Labute approximate surface area is 350 Å². The van der Waals surface area contributed by atoms with E-state index in [1.54, 1.807) is 0 Å². The normalized spacial score (nSPS) is 18.6. The SMILES string of the molecule is O=C(c1ccc(CN2CCCSCCCN(Cc3ccccc3)CCCSCCC2)cc1)N1CCNCc2ccccc2OCCOc2ccccc2CNCC1. The van der Waals surface area contributed by atoms with E-state index in [0.717, 1.165) is 54.4 Å². The maximum Gasteiger partial charge on any atom is 0.253 e. The molecule has 0 radical (unpaired) electrons. The van der Waals surface area contributed by atoms with Crippen molar-refractivity contribution in [3.63, 3.8) is 0 Å². The predicted octanol–water partition coefficient (Wildman–Crippen LogP) is 7.82. The molecule has 2 aliphatic rings. The Bertz CT molecular complexity index is 1650. The zero-order valence-corrected chi connectivity index (χ0v) is 35.4. The zero-order chi connectivity index (χ0) is 39.2. The average Bonchev–Trinajstić information content (AvgIpc) is 3.24. The van der Waals surface area contributed by atoms with Crippen molar-refractivity contribution in [1.29, 1.82) is 0 Å². The van der Waals surface area contributed by atoms with E-state index >= 15 is 0 Å². The van der Waals surface area contributed by atoms with Crippen molar-refractivity contribution >= 4 is 29.4 Å². The summed E-state index contributed by atoms with van der Waals surface area (Å²) in [7, 11) is 0. The van der Waals surface area contributed by atoms with Crippen molar-refractivity contribution in [3.8, 4) is 11.5 Å². The van der Waals surface area contributed by atoms with Crippen LogP contribution in [-0.4, -0.2) is 109 Å². The molecule has 10 heteroatoms. The van der Waals surface area contributed by atoms with Crippen LogP contribution in [0.5, 0.6) is 11.5 Å². The van der Waals surface area contributed by atoms with E-state index in [9.17, 15) is 4.79 Å². The standard InChI is InChI=1S/C47H63N5O3S2/c53-47(52-28-22-48-36-43-14-4-6-16-45(43)54-30-31-55-46-17-7-5-15-44(46)37-49-23-29-52)42-20-18-41(19-21-42)39-51-26-10-34-56-32-8-24-50(25-9-33-57-35-11-27-51)38-40-12-2-1-3-13-40/h1-7,12-21,48-49H,8-11,22-39H2. The van der Waals surface area contributed by atoms with Gasteiger partial charge in [-0.25, -0.2) is 0 Å². The average molecular weight is 810 g/mol. The Morgan fingerprint density at radius 2 is 0.965 bits per heavy atom. The van der Waals surface area contributed by atoms with Crippen LogP contribution < -0.4 is 20.1 Å². The second-order valence-electron chi connectivity index (χ2n) is 14.9. The Morgan fingerprint density at radius 3 is 1.46 bits per heavy atom. The number of hydrogen-bond donors (Lipinski definition) is 2. The first-order valence-corrected chi connectivity index (χ1v) is 23.4. The molecule has 1 saturated heterocycles. The monoisotopic (exact) mass is 809 g/mol. The molecular formula is C47H63N5O3S2. The molecule has 0 aromatic heterocycles. The van der Waals surface area contributed by atoms with E-state index in [-0.39, 0.29) is 5.91 Å². The van der Waals surface area contributed by atoms with Gasteiger partial charge in [0, 0.05) is 69.0 Å². The Kier molecular flexibility index (Phi) is 19.0. The fourth-order valence-electron chi connectivity index (χ4n) is 7.41. The molecule has 0 spiro atoms. The van der Waals surface area contributed by atoms with Gasteiger partial charge in [0.15, 0.2) is 0 Å². The van der Waals surface area contributed by atoms with E-state index in [4.69, 9.17) is 9.47 Å². The summed E-state index contributed by atoms with van der Waals surface area (Å²) in [5.41, 5.74) is 5.62. The topological polar surface area (TPSA) is 69.3 Å². The van der Waals surface area contributed by atoms with Crippen LogP contribution in [0.25, 0.3) is 0 Å². The van der Waals surface area contributed by atoms with E-state index in [2.05, 4.69) is 98.6 Å². The molecule has 2 N–H and O–H groups in total. The summed E-state index contributed by atoms with van der Waals surface area (Å²) in [5.74, 6) is 6.64. The third-order valence-electron chi connectivity index (χ3n) is 10.5. The lowest BCUT2D eigenvalue weighted by molar-refractivity contribution is 0.0757. The van der Waals surface area contributed by atoms with Gasteiger partial charge in [0.05, 0.1) is 0 Å². The molecule has 0 bridgehead atoms. The minimum Gasteiger partial charge on any atom is -0.490 e. The highest BCUT2D eigenvalue weighted by molar-refractivity contribution is 7.99. The van der Waals surface area contributed by atoms with Crippen LogP contribution in [0.1, 0.15) is 58.3 Å². The first kappa shape index (κ1) is 43.1. The number of nitrogens with zero attached hydrogens (tertiary/aromatic N) is 3. The second kappa shape index (κ2) is 25.1. The Balaban J connectivity index is 1.01. The molecular weight excluding hydrogens is 747 g/mol. The van der Waals surface area contributed by atoms with Gasteiger partial charge in [0.1, 0.15) is 24.7 Å². The highest BCUT2D eigenvalue weighted by Crippen LogP contribution is 2.21. The lowest BCUT2D eigenvalue weighted by Crippen LogP contribution is -2.40. The Hall–Kier alpha value is -3.51. The summed E-state index contributed by atoms with van der Waals surface area (Å²) in [4.78, 5) is 21.3. The summed E-state index contributed by atoms with van der Waals surface area (Å²) in [6.07, 6.45) is 4.91. The minimum absolute atomic E-state index is 0.0674. The molecule has 2 aliphatic heterocycles. The molecule has 306 valence electrons. The predicted molar refractivity (Wildman–Crippen MR) is 240 cm³/mol. The number of thioether (sulfide) groups is 2. The van der Waals surface area contributed by atoms with Crippen LogP contribution in [0, 0.1) is 0 Å². The molecule has 0 saturated carbocycles. The van der Waals surface area contributed by atoms with Gasteiger partial charge < -0.3 is 25.0 Å². The van der Waals surface area contributed by atoms with Crippen LogP contribution in [0.4, 0.5) is 0 Å². The smallest absolute Gasteiger partial charge is 0.253 e. The van der Waals surface area contributed by atoms with E-state index < -0.39 is 0 Å². The number of para-hydroxylation sites is 2. The fraction of sp³-hybridized carbons (Fsp3) is 0.468. The maximum absolute atomic E-state index is 14.0. The van der Waals surface area contributed by atoms with Gasteiger partial charge >= 0.3 is 0 Å². The largest absolute Gasteiger partial charge is 0.490 e. The van der Waals surface area contributed by atoms with Crippen LogP contribution in [0.15, 0.2) is 103 Å². The van der Waals surface area contributed by atoms with Crippen molar-refractivity contribution in [2.75, 3.05) is 88.6 Å². The molecule has 2 heterocycles. The first-order chi connectivity index (χ1) is 28.2. The molecule has 8 nitrogen and oxygen atoms in total. The minimum atomic E-state index is 0.0674. The van der Waals surface area contributed by atoms with Crippen LogP contribution >= 0.6 is 23.5 Å². The number of carbonyl (C=O) groups excluding carboxylic acids is 1. The molecule has 1 fully saturated rings. The lowest BCUT2D eigenvalue weighted by Gasteiger charge is -2.25. The third kappa shape index (κ3) is 15.3. The van der Waals surface area contributed by atoms with Crippen LogP contribution in [-0.2, 0) is 26.2 Å². The fourth-order valence-corrected chi connectivity index (χ4v) is 9.15. The summed E-state index contributed by atoms with van der Waals surface area (Å²) in [5, 5.41) is 7.10. The summed E-state index contributed by atoms with van der Waals surface area (Å²) >= 11 is 4.22. The van der Waals surface area contributed by atoms with E-state index in [1.807, 2.05) is 53.4 Å². The number of fused-ring (bicyclic) bond motifs is 2. The van der Waals surface area contributed by atoms with Gasteiger partial charge in [-0.15, -0.1) is 0 Å². The van der Waals surface area contributed by atoms with Crippen molar-refractivity contribution in [1.82, 2.24) is 25.3 Å². The summed E-state index contributed by atoms with van der Waals surface area (Å²) in [6.45, 7) is 11.4. The van der Waals surface area contributed by atoms with E-state index in [1.165, 1.54) is 72.9 Å². The van der Waals surface area contributed by atoms with Crippen LogP contribution in [0.3, 0.4) is 0 Å². The highest BCUT2D eigenvalue weighted by Gasteiger charge is 2.17. The number of amides is 1. The van der Waals surface area contributed by atoms with Crippen molar-refractivity contribution in [3.05, 3.63) is 131 Å². The molecule has 0 atom stereocenters. The summed E-state index contributed by atoms with van der Waals surface area (Å²) < 4.78 is 12.2. The van der Waals surface area contributed by atoms with Gasteiger partial charge in [-0.2, -0.15) is 23.5 Å². The van der Waals surface area contributed by atoms with Gasteiger partial charge in [-0.1, -0.05) is 78.9 Å². The van der Waals surface area contributed by atoms with Crippen molar-refractivity contribution in [2.45, 2.75) is 51.9 Å². The quantitative estimate of drug-likeness (QED) is 0.210. The zero-order valence-electron chi connectivity index (χ0n) is 33.8. The molecule has 4 aromatic carbocycles. The van der Waals surface area contributed by atoms with Crippen LogP contribution in [0.2, 0.25) is 0 Å². The number of carbonyl (C=O) groups is 1. The molecule has 0 aliphatic carbocycles. The van der Waals surface area contributed by atoms with Crippen molar-refractivity contribution in [2.24, 2.45) is 0 Å². The number of benzene rings is 4. The number of rotatable bonds is 5. The molecule has 6 rings (SSSR count). The Morgan fingerprint density at radius 1 is 0.526 bits per heavy atom. The number of ether oxygens (including phenoxy) is 2. The second-order valence-corrected chi connectivity index (χ2v) is 17.4. The van der Waals surface area contributed by atoms with Crippen molar-refractivity contribution < 1.29 is 14.3 Å².